The van der Waals surface area contributed by atoms with Crippen LogP contribution < -0.4 is 5.32 Å². The average molecular weight is 280 g/mol. The summed E-state index contributed by atoms with van der Waals surface area (Å²) in [7, 11) is 0. The molecule has 1 aliphatic carbocycles. The Balaban J connectivity index is 2.19. The first-order valence-corrected chi connectivity index (χ1v) is 7.86. The molecule has 2 rings (SSSR count). The summed E-state index contributed by atoms with van der Waals surface area (Å²) in [6.45, 7) is 9.16. The summed E-state index contributed by atoms with van der Waals surface area (Å²) in [6, 6.07) is 8.46. The zero-order valence-electron chi connectivity index (χ0n) is 12.4. The molecule has 0 radical (unpaired) electrons. The van der Waals surface area contributed by atoms with Crippen LogP contribution in [-0.2, 0) is 0 Å². The van der Waals surface area contributed by atoms with Crippen molar-refractivity contribution in [2.75, 3.05) is 13.1 Å². The van der Waals surface area contributed by atoms with Crippen LogP contribution in [0.3, 0.4) is 0 Å². The van der Waals surface area contributed by atoms with Crippen LogP contribution in [0.25, 0.3) is 0 Å². The fourth-order valence-corrected chi connectivity index (χ4v) is 3.54. The molecule has 0 heterocycles. The van der Waals surface area contributed by atoms with Gasteiger partial charge in [-0.25, -0.2) is 0 Å². The number of hydrogen-bond donors (Lipinski definition) is 1. The Hall–Kier alpha value is -0.530. The van der Waals surface area contributed by atoms with Crippen LogP contribution >= 0.6 is 11.6 Å². The second-order valence-electron chi connectivity index (χ2n) is 6.64. The van der Waals surface area contributed by atoms with E-state index in [4.69, 9.17) is 11.6 Å². The number of nitrogens with one attached hydrogen (secondary N) is 1. The Morgan fingerprint density at radius 2 is 2.16 bits per heavy atom. The second kappa shape index (κ2) is 6.28. The van der Waals surface area contributed by atoms with Crippen molar-refractivity contribution in [3.8, 4) is 0 Å². The Morgan fingerprint density at radius 3 is 2.84 bits per heavy atom. The van der Waals surface area contributed by atoms with Crippen molar-refractivity contribution in [3.05, 3.63) is 34.9 Å². The van der Waals surface area contributed by atoms with Crippen LogP contribution in [0.15, 0.2) is 24.3 Å². The van der Waals surface area contributed by atoms with Gasteiger partial charge in [-0.2, -0.15) is 0 Å². The topological polar surface area (TPSA) is 12.0 Å². The van der Waals surface area contributed by atoms with Gasteiger partial charge in [-0.1, -0.05) is 44.5 Å². The predicted molar refractivity (Wildman–Crippen MR) is 83.9 cm³/mol. The van der Waals surface area contributed by atoms with Gasteiger partial charge >= 0.3 is 0 Å². The molecular formula is C17H26ClN. The van der Waals surface area contributed by atoms with E-state index < -0.39 is 0 Å². The van der Waals surface area contributed by atoms with Crippen molar-refractivity contribution < 1.29 is 0 Å². The Bertz CT molecular complexity index is 413. The van der Waals surface area contributed by atoms with Crippen LogP contribution in [-0.4, -0.2) is 13.1 Å². The van der Waals surface area contributed by atoms with Gasteiger partial charge in [0.25, 0.3) is 0 Å². The van der Waals surface area contributed by atoms with Gasteiger partial charge in [0, 0.05) is 5.02 Å². The molecule has 0 bridgehead atoms. The molecule has 0 aromatic heterocycles. The third-order valence-corrected chi connectivity index (χ3v) is 4.70. The zero-order chi connectivity index (χ0) is 13.9. The first-order valence-electron chi connectivity index (χ1n) is 7.48. The minimum absolute atomic E-state index is 0.454. The summed E-state index contributed by atoms with van der Waals surface area (Å²) in [4.78, 5) is 0. The van der Waals surface area contributed by atoms with E-state index in [2.05, 4.69) is 44.3 Å². The number of halogens is 1. The molecule has 1 nitrogen and oxygen atoms in total. The van der Waals surface area contributed by atoms with Gasteiger partial charge in [0.1, 0.15) is 0 Å². The molecule has 1 fully saturated rings. The average Bonchev–Trinajstić information content (AvgIpc) is 2.36. The summed E-state index contributed by atoms with van der Waals surface area (Å²) in [5, 5.41) is 4.39. The highest BCUT2D eigenvalue weighted by molar-refractivity contribution is 6.30. The van der Waals surface area contributed by atoms with Crippen LogP contribution in [0, 0.1) is 11.3 Å². The number of hydrogen-bond acceptors (Lipinski definition) is 1. The summed E-state index contributed by atoms with van der Waals surface area (Å²) >= 11 is 6.17. The summed E-state index contributed by atoms with van der Waals surface area (Å²) in [5.41, 5.74) is 1.87. The maximum absolute atomic E-state index is 6.17. The van der Waals surface area contributed by atoms with Crippen molar-refractivity contribution in [2.45, 2.75) is 46.0 Å². The molecule has 1 saturated carbocycles. The molecule has 1 aromatic rings. The van der Waals surface area contributed by atoms with Crippen LogP contribution in [0.1, 0.15) is 51.5 Å². The molecule has 2 heteroatoms. The van der Waals surface area contributed by atoms with E-state index in [9.17, 15) is 0 Å². The van der Waals surface area contributed by atoms with Gasteiger partial charge < -0.3 is 5.32 Å². The monoisotopic (exact) mass is 279 g/mol. The van der Waals surface area contributed by atoms with Gasteiger partial charge in [-0.15, -0.1) is 0 Å². The highest BCUT2D eigenvalue weighted by atomic mass is 35.5. The highest BCUT2D eigenvalue weighted by Gasteiger charge is 2.35. The second-order valence-corrected chi connectivity index (χ2v) is 7.07. The third-order valence-electron chi connectivity index (χ3n) is 4.47. The lowest BCUT2D eigenvalue weighted by Crippen LogP contribution is -2.34. The van der Waals surface area contributed by atoms with Crippen molar-refractivity contribution in [1.82, 2.24) is 5.32 Å². The van der Waals surface area contributed by atoms with Crippen molar-refractivity contribution in [3.63, 3.8) is 0 Å². The molecule has 2 atom stereocenters. The first-order chi connectivity index (χ1) is 9.02. The molecule has 2 unspecified atom stereocenters. The van der Waals surface area contributed by atoms with E-state index in [1.54, 1.807) is 0 Å². The first kappa shape index (κ1) is 14.9. The molecular weight excluding hydrogens is 254 g/mol. The van der Waals surface area contributed by atoms with Crippen molar-refractivity contribution in [2.24, 2.45) is 11.3 Å². The molecule has 0 aliphatic heterocycles. The van der Waals surface area contributed by atoms with Crippen LogP contribution in [0.4, 0.5) is 0 Å². The van der Waals surface area contributed by atoms with E-state index in [1.807, 2.05) is 6.07 Å². The highest BCUT2D eigenvalue weighted by Crippen LogP contribution is 2.46. The lowest BCUT2D eigenvalue weighted by atomic mass is 9.65. The SMILES string of the molecule is CCNCC1CCC(C)(C)CC1c1cccc(Cl)c1. The van der Waals surface area contributed by atoms with Crippen molar-refractivity contribution in [1.29, 1.82) is 0 Å². The minimum Gasteiger partial charge on any atom is -0.317 e. The quantitative estimate of drug-likeness (QED) is 0.830. The molecule has 0 saturated heterocycles. The lowest BCUT2D eigenvalue weighted by Gasteiger charge is -2.41. The van der Waals surface area contributed by atoms with Crippen LogP contribution in [0.5, 0.6) is 0 Å². The van der Waals surface area contributed by atoms with Gasteiger partial charge in [0.2, 0.25) is 0 Å². The molecule has 1 aliphatic rings. The lowest BCUT2D eigenvalue weighted by molar-refractivity contribution is 0.160. The Labute approximate surface area is 122 Å². The smallest absolute Gasteiger partial charge is 0.0408 e. The molecule has 1 aromatic carbocycles. The maximum Gasteiger partial charge on any atom is 0.0408 e. The fourth-order valence-electron chi connectivity index (χ4n) is 3.34. The standard InChI is InChI=1S/C17H26ClN/c1-4-19-12-14-8-9-17(2,3)11-16(14)13-6-5-7-15(18)10-13/h5-7,10,14,16,19H,4,8-9,11-12H2,1-3H3. The summed E-state index contributed by atoms with van der Waals surface area (Å²) in [6.07, 6.45) is 3.92. The molecule has 0 spiro atoms. The molecule has 0 amide bonds. The number of rotatable bonds is 4. The van der Waals surface area contributed by atoms with Gasteiger partial charge in [-0.3, -0.25) is 0 Å². The molecule has 19 heavy (non-hydrogen) atoms. The zero-order valence-corrected chi connectivity index (χ0v) is 13.1. The summed E-state index contributed by atoms with van der Waals surface area (Å²) < 4.78 is 0. The van der Waals surface area contributed by atoms with E-state index in [0.717, 1.165) is 24.0 Å². The third kappa shape index (κ3) is 3.97. The minimum atomic E-state index is 0.454. The van der Waals surface area contributed by atoms with E-state index in [1.165, 1.54) is 24.8 Å². The van der Waals surface area contributed by atoms with Gasteiger partial charge in [-0.05, 0) is 67.3 Å². The Kier molecular flexibility index (Phi) is 4.92. The molecule has 106 valence electrons. The molecule has 1 N–H and O–H groups in total. The van der Waals surface area contributed by atoms with E-state index in [0.29, 0.717) is 11.3 Å². The predicted octanol–water partition coefficient (Wildman–Crippen LogP) is 4.86. The van der Waals surface area contributed by atoms with Crippen LogP contribution in [0.2, 0.25) is 5.02 Å². The van der Waals surface area contributed by atoms with E-state index in [-0.39, 0.29) is 0 Å². The van der Waals surface area contributed by atoms with Gasteiger partial charge in [0.05, 0.1) is 0 Å². The largest absolute Gasteiger partial charge is 0.317 e. The fraction of sp³-hybridized carbons (Fsp3) is 0.647. The van der Waals surface area contributed by atoms with E-state index >= 15 is 0 Å². The van der Waals surface area contributed by atoms with Gasteiger partial charge in [0.15, 0.2) is 0 Å². The number of benzene rings is 1. The Morgan fingerprint density at radius 1 is 1.37 bits per heavy atom. The summed E-state index contributed by atoms with van der Waals surface area (Å²) in [5.74, 6) is 1.38. The normalized spacial score (nSPS) is 26.3. The van der Waals surface area contributed by atoms with Crippen molar-refractivity contribution >= 4 is 11.6 Å². The maximum atomic E-state index is 6.17.